The number of Topliss-reactive ketones (excluding diaryl/α,β-unsaturated/α-hetero) is 1. The van der Waals surface area contributed by atoms with Crippen molar-refractivity contribution in [2.45, 2.75) is 26.2 Å². The van der Waals surface area contributed by atoms with Gasteiger partial charge in [-0.3, -0.25) is 9.79 Å². The minimum Gasteiger partial charge on any atom is -0.479 e. The van der Waals surface area contributed by atoms with Gasteiger partial charge >= 0.3 is 0 Å². The van der Waals surface area contributed by atoms with Gasteiger partial charge < -0.3 is 4.74 Å². The normalized spacial score (nSPS) is 14.3. The van der Waals surface area contributed by atoms with Crippen LogP contribution in [0.3, 0.4) is 0 Å². The van der Waals surface area contributed by atoms with Crippen LogP contribution in [0.1, 0.15) is 35.7 Å². The standard InChI is InChI=1S/C14H17NO2/c1-2-3-11-4-6-12(7-5-11)13(16)10-14-15-8-9-17-14/h4-7H,2-3,8-10H2,1H3. The Morgan fingerprint density at radius 2 is 2.12 bits per heavy atom. The summed E-state index contributed by atoms with van der Waals surface area (Å²) in [5.41, 5.74) is 2.02. The van der Waals surface area contributed by atoms with Gasteiger partial charge in [-0.05, 0) is 12.0 Å². The van der Waals surface area contributed by atoms with Crippen LogP contribution in [0, 0.1) is 0 Å². The zero-order valence-electron chi connectivity index (χ0n) is 10.1. The Morgan fingerprint density at radius 1 is 1.35 bits per heavy atom. The van der Waals surface area contributed by atoms with Gasteiger partial charge in [0.25, 0.3) is 0 Å². The van der Waals surface area contributed by atoms with Gasteiger partial charge in [-0.1, -0.05) is 37.6 Å². The molecule has 2 rings (SSSR count). The summed E-state index contributed by atoms with van der Waals surface area (Å²) < 4.78 is 5.24. The summed E-state index contributed by atoms with van der Waals surface area (Å²) >= 11 is 0. The molecule has 0 radical (unpaired) electrons. The van der Waals surface area contributed by atoms with Crippen molar-refractivity contribution in [1.82, 2.24) is 0 Å². The number of rotatable bonds is 5. The van der Waals surface area contributed by atoms with Crippen LogP contribution in [-0.4, -0.2) is 24.8 Å². The van der Waals surface area contributed by atoms with Gasteiger partial charge in [0.05, 0.1) is 13.0 Å². The highest BCUT2D eigenvalue weighted by Crippen LogP contribution is 2.10. The van der Waals surface area contributed by atoms with Gasteiger partial charge in [-0.2, -0.15) is 0 Å². The highest BCUT2D eigenvalue weighted by Gasteiger charge is 2.14. The van der Waals surface area contributed by atoms with Gasteiger partial charge in [0.2, 0.25) is 0 Å². The number of hydrogen-bond acceptors (Lipinski definition) is 3. The number of nitrogens with zero attached hydrogens (tertiary/aromatic N) is 1. The van der Waals surface area contributed by atoms with Crippen molar-refractivity contribution in [1.29, 1.82) is 0 Å². The van der Waals surface area contributed by atoms with E-state index in [4.69, 9.17) is 4.74 Å². The third kappa shape index (κ3) is 3.16. The van der Waals surface area contributed by atoms with Crippen molar-refractivity contribution in [3.63, 3.8) is 0 Å². The van der Waals surface area contributed by atoms with Crippen LogP contribution in [0.5, 0.6) is 0 Å². The molecule has 0 N–H and O–H groups in total. The van der Waals surface area contributed by atoms with Crippen LogP contribution in [0.25, 0.3) is 0 Å². The fourth-order valence-electron chi connectivity index (χ4n) is 1.87. The minimum atomic E-state index is 0.0775. The van der Waals surface area contributed by atoms with E-state index in [1.165, 1.54) is 5.56 Å². The second-order valence-electron chi connectivity index (χ2n) is 4.17. The third-order valence-electron chi connectivity index (χ3n) is 2.77. The molecule has 0 saturated carbocycles. The molecule has 3 heteroatoms. The smallest absolute Gasteiger partial charge is 0.191 e. The molecule has 0 bridgehead atoms. The molecule has 1 heterocycles. The van der Waals surface area contributed by atoms with Crippen molar-refractivity contribution in [2.24, 2.45) is 4.99 Å². The molecule has 0 spiro atoms. The average Bonchev–Trinajstić information content (AvgIpc) is 2.83. The number of ketones is 1. The van der Waals surface area contributed by atoms with E-state index in [1.54, 1.807) is 0 Å². The first-order chi connectivity index (χ1) is 8.29. The first kappa shape index (κ1) is 11.8. The molecule has 90 valence electrons. The molecular formula is C14H17NO2. The maximum Gasteiger partial charge on any atom is 0.191 e. The fourth-order valence-corrected chi connectivity index (χ4v) is 1.87. The maximum absolute atomic E-state index is 11.9. The maximum atomic E-state index is 11.9. The first-order valence-electron chi connectivity index (χ1n) is 6.08. The van der Waals surface area contributed by atoms with E-state index in [1.807, 2.05) is 24.3 Å². The van der Waals surface area contributed by atoms with Gasteiger partial charge in [0, 0.05) is 5.56 Å². The Kier molecular flexibility index (Phi) is 3.91. The van der Waals surface area contributed by atoms with Crippen molar-refractivity contribution >= 4 is 11.7 Å². The molecule has 1 aliphatic rings. The summed E-state index contributed by atoms with van der Waals surface area (Å²) in [6.45, 7) is 3.44. The number of aliphatic imine (C=N–C) groups is 1. The molecule has 0 atom stereocenters. The van der Waals surface area contributed by atoms with Gasteiger partial charge in [0.15, 0.2) is 11.7 Å². The average molecular weight is 231 g/mol. The summed E-state index contributed by atoms with van der Waals surface area (Å²) in [4.78, 5) is 16.0. The van der Waals surface area contributed by atoms with E-state index in [0.29, 0.717) is 19.0 Å². The Bertz CT molecular complexity index is 420. The molecule has 0 aliphatic carbocycles. The quantitative estimate of drug-likeness (QED) is 0.731. The Labute approximate surface area is 102 Å². The number of carbonyl (C=O) groups excluding carboxylic acids is 1. The summed E-state index contributed by atoms with van der Waals surface area (Å²) in [7, 11) is 0. The summed E-state index contributed by atoms with van der Waals surface area (Å²) in [6.07, 6.45) is 2.47. The second kappa shape index (κ2) is 5.62. The Hall–Kier alpha value is -1.64. The van der Waals surface area contributed by atoms with Crippen LogP contribution in [-0.2, 0) is 11.2 Å². The van der Waals surface area contributed by atoms with E-state index >= 15 is 0 Å². The third-order valence-corrected chi connectivity index (χ3v) is 2.77. The number of aryl methyl sites for hydroxylation is 1. The highest BCUT2D eigenvalue weighted by molar-refractivity contribution is 6.07. The molecule has 0 unspecified atom stereocenters. The summed E-state index contributed by atoms with van der Waals surface area (Å²) in [5.74, 6) is 0.654. The Morgan fingerprint density at radius 3 is 2.71 bits per heavy atom. The van der Waals surface area contributed by atoms with E-state index in [0.717, 1.165) is 18.4 Å². The zero-order valence-corrected chi connectivity index (χ0v) is 10.1. The number of hydrogen-bond donors (Lipinski definition) is 0. The molecule has 1 aromatic carbocycles. The summed E-state index contributed by atoms with van der Waals surface area (Å²) in [6, 6.07) is 7.83. The van der Waals surface area contributed by atoms with Crippen LogP contribution in [0.4, 0.5) is 0 Å². The second-order valence-corrected chi connectivity index (χ2v) is 4.17. The molecule has 0 saturated heterocycles. The van der Waals surface area contributed by atoms with E-state index < -0.39 is 0 Å². The van der Waals surface area contributed by atoms with Crippen molar-refractivity contribution in [3.05, 3.63) is 35.4 Å². The lowest BCUT2D eigenvalue weighted by Crippen LogP contribution is -2.08. The lowest BCUT2D eigenvalue weighted by Gasteiger charge is -2.03. The van der Waals surface area contributed by atoms with Crippen molar-refractivity contribution in [3.8, 4) is 0 Å². The molecule has 0 fully saturated rings. The van der Waals surface area contributed by atoms with Crippen LogP contribution in [0.2, 0.25) is 0 Å². The fraction of sp³-hybridized carbons (Fsp3) is 0.429. The van der Waals surface area contributed by atoms with Gasteiger partial charge in [-0.15, -0.1) is 0 Å². The summed E-state index contributed by atoms with van der Waals surface area (Å²) in [5, 5.41) is 0. The highest BCUT2D eigenvalue weighted by atomic mass is 16.5. The molecule has 1 aromatic rings. The van der Waals surface area contributed by atoms with E-state index in [-0.39, 0.29) is 12.2 Å². The van der Waals surface area contributed by atoms with Crippen LogP contribution >= 0.6 is 0 Å². The lowest BCUT2D eigenvalue weighted by atomic mass is 10.0. The SMILES string of the molecule is CCCc1ccc(C(=O)CC2=NCCO2)cc1. The predicted molar refractivity (Wildman–Crippen MR) is 67.6 cm³/mol. The van der Waals surface area contributed by atoms with Gasteiger partial charge in [0.1, 0.15) is 6.61 Å². The first-order valence-corrected chi connectivity index (χ1v) is 6.08. The van der Waals surface area contributed by atoms with Gasteiger partial charge in [-0.25, -0.2) is 0 Å². The number of ether oxygens (including phenoxy) is 1. The molecule has 17 heavy (non-hydrogen) atoms. The van der Waals surface area contributed by atoms with Crippen molar-refractivity contribution < 1.29 is 9.53 Å². The molecular weight excluding hydrogens is 214 g/mol. The number of carbonyl (C=O) groups is 1. The predicted octanol–water partition coefficient (Wildman–Crippen LogP) is 2.64. The largest absolute Gasteiger partial charge is 0.479 e. The van der Waals surface area contributed by atoms with Crippen molar-refractivity contribution in [2.75, 3.05) is 13.2 Å². The Balaban J connectivity index is 1.98. The zero-order chi connectivity index (χ0) is 12.1. The molecule has 3 nitrogen and oxygen atoms in total. The molecule has 1 aliphatic heterocycles. The number of benzene rings is 1. The minimum absolute atomic E-state index is 0.0775. The van der Waals surface area contributed by atoms with E-state index in [2.05, 4.69) is 11.9 Å². The van der Waals surface area contributed by atoms with E-state index in [9.17, 15) is 4.79 Å². The van der Waals surface area contributed by atoms with Crippen LogP contribution < -0.4 is 0 Å². The van der Waals surface area contributed by atoms with Crippen LogP contribution in [0.15, 0.2) is 29.3 Å². The topological polar surface area (TPSA) is 38.7 Å². The monoisotopic (exact) mass is 231 g/mol. The molecule has 0 aromatic heterocycles. The lowest BCUT2D eigenvalue weighted by molar-refractivity contribution is 0.0994. The molecule has 0 amide bonds.